The van der Waals surface area contributed by atoms with E-state index in [9.17, 15) is 15.0 Å². The third-order valence-electron chi connectivity index (χ3n) is 3.68. The summed E-state index contributed by atoms with van der Waals surface area (Å²) < 4.78 is 5.77. The highest BCUT2D eigenvalue weighted by atomic mass is 16.3. The van der Waals surface area contributed by atoms with Crippen LogP contribution in [0.1, 0.15) is 25.3 Å². The molecule has 2 aromatic carbocycles. The summed E-state index contributed by atoms with van der Waals surface area (Å²) in [5.41, 5.74) is 1.97. The molecule has 2 N–H and O–H groups in total. The molecule has 4 nitrogen and oxygen atoms in total. The van der Waals surface area contributed by atoms with Crippen molar-refractivity contribution < 1.29 is 14.6 Å². The molecule has 22 heavy (non-hydrogen) atoms. The van der Waals surface area contributed by atoms with Gasteiger partial charge in [0.2, 0.25) is 0 Å². The van der Waals surface area contributed by atoms with Crippen molar-refractivity contribution in [3.63, 3.8) is 0 Å². The van der Waals surface area contributed by atoms with Gasteiger partial charge in [0.05, 0.1) is 5.39 Å². The maximum atomic E-state index is 12.3. The standard InChI is InChI=1S/C18H16O4/c1-10(2)11-4-6-17-13(7-11)15(20)9-18(22-17)12-3-5-14(19)16(21)8-12/h3-10,19,21H,1-2H3. The molecule has 0 aliphatic carbocycles. The van der Waals surface area contributed by atoms with E-state index in [4.69, 9.17) is 4.42 Å². The lowest BCUT2D eigenvalue weighted by Gasteiger charge is -2.08. The van der Waals surface area contributed by atoms with Gasteiger partial charge in [0.25, 0.3) is 0 Å². The molecular weight excluding hydrogens is 280 g/mol. The van der Waals surface area contributed by atoms with Crippen LogP contribution in [-0.4, -0.2) is 10.2 Å². The molecule has 0 fully saturated rings. The van der Waals surface area contributed by atoms with Crippen LogP contribution in [0.25, 0.3) is 22.3 Å². The Morgan fingerprint density at radius 2 is 1.73 bits per heavy atom. The van der Waals surface area contributed by atoms with E-state index in [0.29, 0.717) is 28.2 Å². The van der Waals surface area contributed by atoms with Crippen molar-refractivity contribution >= 4 is 11.0 Å². The summed E-state index contributed by atoms with van der Waals surface area (Å²) in [4.78, 5) is 12.3. The summed E-state index contributed by atoms with van der Waals surface area (Å²) in [5, 5.41) is 19.5. The second-order valence-electron chi connectivity index (χ2n) is 5.59. The molecule has 3 aromatic rings. The van der Waals surface area contributed by atoms with Crippen molar-refractivity contribution in [2.45, 2.75) is 19.8 Å². The Morgan fingerprint density at radius 3 is 2.41 bits per heavy atom. The average Bonchev–Trinajstić information content (AvgIpc) is 2.49. The van der Waals surface area contributed by atoms with Gasteiger partial charge in [-0.3, -0.25) is 4.79 Å². The van der Waals surface area contributed by atoms with Gasteiger partial charge in [0.15, 0.2) is 16.9 Å². The molecule has 1 aromatic heterocycles. The summed E-state index contributed by atoms with van der Waals surface area (Å²) in [7, 11) is 0. The van der Waals surface area contributed by atoms with Crippen LogP contribution in [0.5, 0.6) is 11.5 Å². The van der Waals surface area contributed by atoms with Crippen molar-refractivity contribution in [1.29, 1.82) is 0 Å². The number of fused-ring (bicyclic) bond motifs is 1. The van der Waals surface area contributed by atoms with Crippen LogP contribution in [0.15, 0.2) is 51.7 Å². The fourth-order valence-corrected chi connectivity index (χ4v) is 2.35. The quantitative estimate of drug-likeness (QED) is 0.701. The minimum absolute atomic E-state index is 0.133. The molecule has 0 bridgehead atoms. The third kappa shape index (κ3) is 2.44. The SMILES string of the molecule is CC(C)c1ccc2oc(-c3ccc(O)c(O)c3)cc(=O)c2c1. The van der Waals surface area contributed by atoms with Crippen LogP contribution in [-0.2, 0) is 0 Å². The Labute approximate surface area is 127 Å². The Kier molecular flexibility index (Phi) is 3.37. The van der Waals surface area contributed by atoms with Gasteiger partial charge in [-0.2, -0.15) is 0 Å². The molecule has 3 rings (SSSR count). The molecule has 0 unspecified atom stereocenters. The summed E-state index contributed by atoms with van der Waals surface area (Å²) in [5.74, 6) is 0.214. The largest absolute Gasteiger partial charge is 0.504 e. The zero-order chi connectivity index (χ0) is 15.9. The second kappa shape index (κ2) is 5.22. The summed E-state index contributed by atoms with van der Waals surface area (Å²) in [6.45, 7) is 4.13. The van der Waals surface area contributed by atoms with E-state index in [1.165, 1.54) is 18.2 Å². The predicted molar refractivity (Wildman–Crippen MR) is 85.3 cm³/mol. The van der Waals surface area contributed by atoms with E-state index in [-0.39, 0.29) is 16.9 Å². The fourth-order valence-electron chi connectivity index (χ4n) is 2.35. The molecule has 4 heteroatoms. The van der Waals surface area contributed by atoms with Crippen molar-refractivity contribution in [3.05, 3.63) is 58.3 Å². The van der Waals surface area contributed by atoms with Gasteiger partial charge in [-0.05, 0) is 41.8 Å². The van der Waals surface area contributed by atoms with Crippen LogP contribution in [0.3, 0.4) is 0 Å². The van der Waals surface area contributed by atoms with E-state index >= 15 is 0 Å². The van der Waals surface area contributed by atoms with E-state index in [1.807, 2.05) is 12.1 Å². The Balaban J connectivity index is 2.19. The Bertz CT molecular complexity index is 907. The Hall–Kier alpha value is -2.75. The number of phenolic OH excluding ortho intramolecular Hbond substituents is 2. The van der Waals surface area contributed by atoms with Gasteiger partial charge in [-0.1, -0.05) is 19.9 Å². The summed E-state index contributed by atoms with van der Waals surface area (Å²) in [6.07, 6.45) is 0. The highest BCUT2D eigenvalue weighted by Crippen LogP contribution is 2.31. The van der Waals surface area contributed by atoms with Gasteiger partial charge in [-0.15, -0.1) is 0 Å². The number of benzene rings is 2. The van der Waals surface area contributed by atoms with Gasteiger partial charge in [0, 0.05) is 11.6 Å². The van der Waals surface area contributed by atoms with Crippen molar-refractivity contribution in [3.8, 4) is 22.8 Å². The molecule has 0 saturated heterocycles. The zero-order valence-corrected chi connectivity index (χ0v) is 12.3. The summed E-state index contributed by atoms with van der Waals surface area (Å²) in [6, 6.07) is 11.3. The molecule has 0 atom stereocenters. The van der Waals surface area contributed by atoms with Gasteiger partial charge in [0.1, 0.15) is 11.3 Å². The van der Waals surface area contributed by atoms with Crippen LogP contribution >= 0.6 is 0 Å². The molecule has 0 aliphatic heterocycles. The van der Waals surface area contributed by atoms with Crippen molar-refractivity contribution in [2.75, 3.05) is 0 Å². The minimum atomic E-state index is -0.254. The first-order valence-corrected chi connectivity index (χ1v) is 7.06. The minimum Gasteiger partial charge on any atom is -0.504 e. The fraction of sp³-hybridized carbons (Fsp3) is 0.167. The van der Waals surface area contributed by atoms with Crippen LogP contribution < -0.4 is 5.43 Å². The van der Waals surface area contributed by atoms with E-state index < -0.39 is 0 Å². The van der Waals surface area contributed by atoms with E-state index in [1.54, 1.807) is 12.1 Å². The average molecular weight is 296 g/mol. The second-order valence-corrected chi connectivity index (χ2v) is 5.59. The number of aromatic hydroxyl groups is 2. The van der Waals surface area contributed by atoms with Gasteiger partial charge >= 0.3 is 0 Å². The highest BCUT2D eigenvalue weighted by Gasteiger charge is 2.10. The topological polar surface area (TPSA) is 70.7 Å². The van der Waals surface area contributed by atoms with E-state index in [0.717, 1.165) is 5.56 Å². The molecule has 0 aliphatic rings. The molecule has 112 valence electrons. The predicted octanol–water partition coefficient (Wildman–Crippen LogP) is 3.99. The van der Waals surface area contributed by atoms with Crippen molar-refractivity contribution in [1.82, 2.24) is 0 Å². The summed E-state index contributed by atoms with van der Waals surface area (Å²) >= 11 is 0. The number of rotatable bonds is 2. The number of phenols is 2. The number of hydrogen-bond donors (Lipinski definition) is 2. The van der Waals surface area contributed by atoms with Crippen LogP contribution in [0, 0.1) is 0 Å². The normalized spacial score (nSPS) is 11.2. The van der Waals surface area contributed by atoms with Crippen LogP contribution in [0.2, 0.25) is 0 Å². The van der Waals surface area contributed by atoms with Crippen LogP contribution in [0.4, 0.5) is 0 Å². The molecule has 1 heterocycles. The maximum absolute atomic E-state index is 12.3. The first-order chi connectivity index (χ1) is 10.5. The van der Waals surface area contributed by atoms with E-state index in [2.05, 4.69) is 13.8 Å². The molecule has 0 amide bonds. The lowest BCUT2D eigenvalue weighted by Crippen LogP contribution is -2.01. The van der Waals surface area contributed by atoms with Gasteiger partial charge in [-0.25, -0.2) is 0 Å². The zero-order valence-electron chi connectivity index (χ0n) is 12.3. The molecular formula is C18H16O4. The molecule has 0 saturated carbocycles. The van der Waals surface area contributed by atoms with Crippen molar-refractivity contribution in [2.24, 2.45) is 0 Å². The molecule has 0 spiro atoms. The maximum Gasteiger partial charge on any atom is 0.193 e. The monoisotopic (exact) mass is 296 g/mol. The number of hydrogen-bond acceptors (Lipinski definition) is 4. The smallest absolute Gasteiger partial charge is 0.193 e. The van der Waals surface area contributed by atoms with Gasteiger partial charge < -0.3 is 14.6 Å². The lowest BCUT2D eigenvalue weighted by atomic mass is 10.0. The Morgan fingerprint density at radius 1 is 0.955 bits per heavy atom. The lowest BCUT2D eigenvalue weighted by molar-refractivity contribution is 0.404. The first-order valence-electron chi connectivity index (χ1n) is 7.06. The highest BCUT2D eigenvalue weighted by molar-refractivity contribution is 5.79. The third-order valence-corrected chi connectivity index (χ3v) is 3.68. The molecule has 0 radical (unpaired) electrons. The first kappa shape index (κ1) is 14.2.